The Kier molecular flexibility index (Phi) is 36.4. The molecule has 4 amide bonds. The summed E-state index contributed by atoms with van der Waals surface area (Å²) in [5, 5.41) is 6.09. The van der Waals surface area contributed by atoms with Crippen LogP contribution in [0, 0.1) is 0 Å². The van der Waals surface area contributed by atoms with Crippen molar-refractivity contribution >= 4 is 229 Å². The van der Waals surface area contributed by atoms with E-state index in [4.69, 9.17) is 32.9 Å². The zero-order valence-corrected chi connectivity index (χ0v) is 90.9. The van der Waals surface area contributed by atoms with Crippen LogP contribution in [0.3, 0.4) is 0 Å². The van der Waals surface area contributed by atoms with Crippen LogP contribution in [-0.2, 0) is 52.1 Å². The van der Waals surface area contributed by atoms with Gasteiger partial charge in [-0.05, 0) is 296 Å². The van der Waals surface area contributed by atoms with E-state index in [9.17, 15) is 19.2 Å². The van der Waals surface area contributed by atoms with Crippen molar-refractivity contribution < 1.29 is 52.1 Å². The standard InChI is InChI=1S/C38H67BrN2O6S2Si6.C38H68N2O6S2Si6.BHNS/c1-50(2,3)44-54(13,45-51(4,5)6)28-19-15-17-25-40-35(30-22-21-27-48-30)33-34(38(40)43)36(31-23-24-32(39)49-31)41(37(33)42)26-18-16-20-29-55(14,46-52(7,8)9)47-53(10,11)12;1-49(2,3)43-53(13,44-50(4,5)6)29-19-15-17-25-39-35(31-23-21-27-47-31)33-34(37(39)41)36(32-24-22-28-48-32)40(38(33)42)26-18-16-20-30-54(14,45-51(7,8)9)46-52(10,11)12;1-2-3/h21-24,27H,15-20,25-26,28-29H2,1-14H3;21-24,27-28H,15-20,25-26,29-30H2,1-14H3;3H. The number of nitrogens with zero attached hydrogens (tertiary/aromatic N) is 5. The first kappa shape index (κ1) is 99.4. The molecule has 0 saturated carbocycles. The minimum atomic E-state index is -2.33. The zero-order valence-electron chi connectivity index (χ0n) is 73.2. The van der Waals surface area contributed by atoms with Crippen molar-refractivity contribution in [2.45, 2.75) is 285 Å². The molecule has 0 atom stereocenters. The molecule has 1 radical (unpaired) electrons. The Hall–Kier alpha value is -1.38. The molecule has 0 bridgehead atoms. The molecular weight excluding hydrogens is 1760 g/mol. The summed E-state index contributed by atoms with van der Waals surface area (Å²) in [6, 6.07) is 20.0. The molecule has 4 aromatic rings. The number of unbranched alkanes of at least 4 members (excludes halogenated alkanes) is 8. The summed E-state index contributed by atoms with van der Waals surface area (Å²) in [5.74, 6) is -0.230. The zero-order chi connectivity index (χ0) is 84.2. The molecule has 0 fully saturated rings. The normalized spacial score (nSPS) is 16.1. The van der Waals surface area contributed by atoms with E-state index >= 15 is 0 Å². The molecule has 8 heterocycles. The molecule has 4 aliphatic heterocycles. The van der Waals surface area contributed by atoms with Crippen LogP contribution in [0.15, 0.2) is 95.1 Å². The van der Waals surface area contributed by atoms with E-state index in [1.54, 1.807) is 45.3 Å². The Morgan fingerprint density at radius 2 is 0.518 bits per heavy atom. The molecule has 0 aliphatic carbocycles. The molecule has 0 spiro atoms. The van der Waals surface area contributed by atoms with Crippen molar-refractivity contribution in [2.24, 2.45) is 4.30 Å². The van der Waals surface area contributed by atoms with Gasteiger partial charge in [-0.15, -0.1) is 45.3 Å². The van der Waals surface area contributed by atoms with Gasteiger partial charge < -0.3 is 52.5 Å². The molecule has 17 nitrogen and oxygen atoms in total. The van der Waals surface area contributed by atoms with Gasteiger partial charge in [0.25, 0.3) is 23.6 Å². The molecule has 0 saturated heterocycles. The number of carbonyl (C=O) groups is 4. The molecule has 112 heavy (non-hydrogen) atoms. The monoisotopic (exact) mass is 1900 g/mol. The number of rotatable bonds is 44. The predicted octanol–water partition coefficient (Wildman–Crippen LogP) is 24.0. The van der Waals surface area contributed by atoms with Gasteiger partial charge in [-0.1, -0.05) is 69.6 Å². The van der Waals surface area contributed by atoms with Crippen molar-refractivity contribution in [2.75, 3.05) is 26.2 Å². The Labute approximate surface area is 719 Å². The van der Waals surface area contributed by atoms with Gasteiger partial charge in [-0.25, -0.2) is 0 Å². The van der Waals surface area contributed by atoms with E-state index in [-0.39, 0.29) is 23.6 Å². The van der Waals surface area contributed by atoms with Gasteiger partial charge in [0.15, 0.2) is 66.5 Å². The predicted molar refractivity (Wildman–Crippen MR) is 513 cm³/mol. The fourth-order valence-corrected chi connectivity index (χ4v) is 69.9. The number of amides is 4. The molecule has 625 valence electrons. The van der Waals surface area contributed by atoms with Gasteiger partial charge in [0, 0.05) is 26.2 Å². The average molecular weight is 1900 g/mol. The van der Waals surface area contributed by atoms with Crippen LogP contribution < -0.4 is 0 Å². The van der Waals surface area contributed by atoms with E-state index in [2.05, 4.69) is 224 Å². The van der Waals surface area contributed by atoms with Crippen molar-refractivity contribution in [3.63, 3.8) is 0 Å². The summed E-state index contributed by atoms with van der Waals surface area (Å²) in [4.78, 5) is 69.8. The van der Waals surface area contributed by atoms with Crippen LogP contribution in [0.25, 0.3) is 22.8 Å². The third-order valence-corrected chi connectivity index (χ3v) is 60.4. The molecule has 0 aromatic carbocycles. The first-order valence-corrected chi connectivity index (χ1v) is 82.2. The summed E-state index contributed by atoms with van der Waals surface area (Å²) >= 11 is 13.2. The molecule has 0 unspecified atom stereocenters. The Morgan fingerprint density at radius 3 is 0.679 bits per heavy atom. The second-order valence-electron chi connectivity index (χ2n) is 38.4. The first-order chi connectivity index (χ1) is 51.4. The fraction of sp³-hybridized carbons (Fsp3) is 0.632. The molecule has 36 heteroatoms. The quantitative estimate of drug-likeness (QED) is 0.0253. The summed E-state index contributed by atoms with van der Waals surface area (Å²) in [5.41, 5.74) is 5.36. The number of fused-ring (bicyclic) bond motifs is 2. The van der Waals surface area contributed by atoms with E-state index in [0.717, 1.165) is 147 Å². The summed E-state index contributed by atoms with van der Waals surface area (Å²) in [7, 11) is -19.1. The SMILES string of the molecule is C[Si](C)(C)O[Si](C)(CCCCCN1C(=O)C2=C(c3ccc(Br)s3)N(CCCCC[Si](C)(O[Si](C)(C)C)O[Si](C)(C)C)C(=O)C2=C1c1cccs1)O[Si](C)(C)C.C[Si](C)(C)O[Si](C)(CCCCCN1C(=O)C2=C(c3cccs3)N(CCCCC[Si](C)(O[Si](C)(C)C)O[Si](C)(C)C)C(=O)C2=C1c1cccs1)O[Si](C)(C)C.[B]=NS. The van der Waals surface area contributed by atoms with Crippen LogP contribution in [0.1, 0.15) is 96.6 Å². The molecule has 8 rings (SSSR count). The van der Waals surface area contributed by atoms with Gasteiger partial charge in [0.2, 0.25) is 0 Å². The van der Waals surface area contributed by atoms with Crippen LogP contribution >= 0.6 is 74.1 Å². The second kappa shape index (κ2) is 41.0. The number of carbonyl (C=O) groups excluding carboxylic acids is 4. The number of hydrogen-bond acceptors (Lipinski definition) is 18. The third-order valence-electron chi connectivity index (χ3n) is 17.7. The molecular formula is C76H136BBrN5O12S5Si12. The van der Waals surface area contributed by atoms with Gasteiger partial charge in [-0.3, -0.25) is 19.2 Å². The van der Waals surface area contributed by atoms with Crippen LogP contribution in [0.5, 0.6) is 0 Å². The van der Waals surface area contributed by atoms with Crippen molar-refractivity contribution in [3.05, 3.63) is 110 Å². The van der Waals surface area contributed by atoms with Crippen LogP contribution in [-0.4, -0.2) is 178 Å². The maximum absolute atomic E-state index is 14.6. The van der Waals surface area contributed by atoms with Gasteiger partial charge in [0.1, 0.15) is 0 Å². The molecule has 4 aliphatic rings. The van der Waals surface area contributed by atoms with E-state index < -0.39 is 101 Å². The Balaban J connectivity index is 0.000000337. The average Bonchev–Trinajstić information content (AvgIpc) is 1.56. The van der Waals surface area contributed by atoms with Gasteiger partial charge in [-0.2, -0.15) is 0 Å². The van der Waals surface area contributed by atoms with Crippen molar-refractivity contribution in [1.29, 1.82) is 0 Å². The number of halogens is 1. The number of thiophene rings is 4. The van der Waals surface area contributed by atoms with E-state index in [0.29, 0.717) is 48.5 Å². The number of hydrogen-bond donors (Lipinski definition) is 1. The summed E-state index contributed by atoms with van der Waals surface area (Å²) in [6.45, 7) is 65.1. The Bertz CT molecular complexity index is 3760. The van der Waals surface area contributed by atoms with Crippen LogP contribution in [0.4, 0.5) is 0 Å². The topological polar surface area (TPSA) is 167 Å². The Morgan fingerprint density at radius 1 is 0.321 bits per heavy atom. The first-order valence-electron chi connectivity index (χ1n) is 40.2. The van der Waals surface area contributed by atoms with Crippen molar-refractivity contribution in [3.8, 4) is 0 Å². The van der Waals surface area contributed by atoms with E-state index in [1.807, 2.05) is 84.3 Å². The van der Waals surface area contributed by atoms with Gasteiger partial charge >= 0.3 is 59.0 Å². The summed E-state index contributed by atoms with van der Waals surface area (Å²) in [6.07, 6.45) is 11.2. The van der Waals surface area contributed by atoms with E-state index in [1.165, 1.54) is 0 Å². The third kappa shape index (κ3) is 31.3. The molecule has 4 aromatic heterocycles. The van der Waals surface area contributed by atoms with Gasteiger partial charge in [0.05, 0.1) is 68.4 Å². The fourth-order valence-electron chi connectivity index (χ4n) is 15.6. The second-order valence-corrected chi connectivity index (χ2v) is 95.3. The van der Waals surface area contributed by atoms with Crippen molar-refractivity contribution in [1.82, 2.24) is 19.6 Å². The number of thiol groups is 1. The maximum atomic E-state index is 14.6. The molecule has 0 N–H and O–H groups in total. The van der Waals surface area contributed by atoms with Crippen LogP contribution in [0.2, 0.25) is 207 Å². The summed E-state index contributed by atoms with van der Waals surface area (Å²) < 4.78 is 57.6. The minimum absolute atomic E-state index is 0.0512.